The summed E-state index contributed by atoms with van der Waals surface area (Å²) in [5, 5.41) is 6.68. The summed E-state index contributed by atoms with van der Waals surface area (Å²) in [4.78, 5) is 11.9. The van der Waals surface area contributed by atoms with Crippen molar-refractivity contribution >= 4 is 45.8 Å². The molecule has 1 aliphatic heterocycles. The summed E-state index contributed by atoms with van der Waals surface area (Å²) < 4.78 is 0.856. The molecule has 1 heterocycles. The molecule has 1 aliphatic rings. The van der Waals surface area contributed by atoms with E-state index in [1.165, 1.54) is 0 Å². The molecule has 1 aromatic carbocycles. The first-order chi connectivity index (χ1) is 8.16. The lowest BCUT2D eigenvalue weighted by atomic mass is 10.1. The minimum atomic E-state index is -0.108. The van der Waals surface area contributed by atoms with Gasteiger partial charge in [-0.15, -0.1) is 12.4 Å². The first kappa shape index (κ1) is 15.8. The number of rotatable bonds is 3. The van der Waals surface area contributed by atoms with E-state index in [9.17, 15) is 4.79 Å². The first-order valence-corrected chi connectivity index (χ1v) is 6.78. The maximum absolute atomic E-state index is 11.9. The second kappa shape index (κ2) is 7.34. The topological polar surface area (TPSA) is 41.1 Å². The van der Waals surface area contributed by atoms with Gasteiger partial charge in [-0.05, 0) is 43.6 Å². The monoisotopic (exact) mass is 352 g/mol. The molecule has 1 aromatic rings. The largest absolute Gasteiger partial charge is 0.352 e. The van der Waals surface area contributed by atoms with Gasteiger partial charge in [0.25, 0.3) is 5.91 Å². The van der Waals surface area contributed by atoms with E-state index < -0.39 is 0 Å². The zero-order valence-corrected chi connectivity index (χ0v) is 12.9. The number of hydrogen-bond acceptors (Lipinski definition) is 2. The van der Waals surface area contributed by atoms with Gasteiger partial charge in [-0.25, -0.2) is 0 Å². The van der Waals surface area contributed by atoms with Gasteiger partial charge in [-0.1, -0.05) is 27.5 Å². The Bertz CT molecular complexity index is 423. The Balaban J connectivity index is 0.00000162. The fraction of sp³-hybridized carbons (Fsp3) is 0.417. The summed E-state index contributed by atoms with van der Waals surface area (Å²) >= 11 is 9.33. The molecule has 100 valence electrons. The molecule has 0 aliphatic carbocycles. The third-order valence-electron chi connectivity index (χ3n) is 2.89. The molecule has 1 amide bonds. The molecule has 18 heavy (non-hydrogen) atoms. The number of halogens is 3. The zero-order valence-electron chi connectivity index (χ0n) is 9.71. The highest BCUT2D eigenvalue weighted by Gasteiger charge is 2.16. The summed E-state index contributed by atoms with van der Waals surface area (Å²) in [5.41, 5.74) is 0.520. The Labute approximate surface area is 126 Å². The van der Waals surface area contributed by atoms with E-state index in [0.29, 0.717) is 23.0 Å². The fourth-order valence-corrected chi connectivity index (χ4v) is 2.46. The predicted octanol–water partition coefficient (Wildman–Crippen LogP) is 2.86. The van der Waals surface area contributed by atoms with Crippen LogP contribution in [0.5, 0.6) is 0 Å². The molecule has 0 bridgehead atoms. The van der Waals surface area contributed by atoms with Gasteiger partial charge in [0, 0.05) is 11.0 Å². The van der Waals surface area contributed by atoms with Crippen LogP contribution in [0.2, 0.25) is 5.02 Å². The Kier molecular flexibility index (Phi) is 6.43. The number of nitrogens with one attached hydrogen (secondary N) is 2. The average molecular weight is 354 g/mol. The minimum absolute atomic E-state index is 0. The van der Waals surface area contributed by atoms with E-state index in [0.717, 1.165) is 24.0 Å². The van der Waals surface area contributed by atoms with Crippen LogP contribution in [-0.2, 0) is 0 Å². The molecule has 0 aromatic heterocycles. The number of carbonyl (C=O) groups excluding carboxylic acids is 1. The Morgan fingerprint density at radius 2 is 2.33 bits per heavy atom. The Hall–Kier alpha value is -0.290. The summed E-state index contributed by atoms with van der Waals surface area (Å²) in [5.74, 6) is 0.424. The number of amides is 1. The van der Waals surface area contributed by atoms with Crippen LogP contribution in [0.3, 0.4) is 0 Å². The van der Waals surface area contributed by atoms with Crippen LogP contribution in [0.25, 0.3) is 0 Å². The summed E-state index contributed by atoms with van der Waals surface area (Å²) in [6, 6.07) is 5.28. The van der Waals surface area contributed by atoms with Gasteiger partial charge in [-0.2, -0.15) is 0 Å². The molecule has 1 saturated heterocycles. The lowest BCUT2D eigenvalue weighted by molar-refractivity contribution is 0.0948. The van der Waals surface area contributed by atoms with Gasteiger partial charge in [0.1, 0.15) is 0 Å². The van der Waals surface area contributed by atoms with Crippen molar-refractivity contribution in [1.82, 2.24) is 10.6 Å². The molecule has 2 N–H and O–H groups in total. The molecule has 0 saturated carbocycles. The van der Waals surface area contributed by atoms with Crippen LogP contribution in [0.1, 0.15) is 16.8 Å². The van der Waals surface area contributed by atoms with Gasteiger partial charge in [0.05, 0.1) is 10.6 Å². The second-order valence-corrected chi connectivity index (χ2v) is 5.52. The van der Waals surface area contributed by atoms with E-state index >= 15 is 0 Å². The molecule has 3 nitrogen and oxygen atoms in total. The average Bonchev–Trinajstić information content (AvgIpc) is 2.82. The van der Waals surface area contributed by atoms with Crippen LogP contribution in [0.4, 0.5) is 0 Å². The molecule has 0 radical (unpaired) electrons. The Morgan fingerprint density at radius 3 is 3.00 bits per heavy atom. The molecule has 2 rings (SSSR count). The van der Waals surface area contributed by atoms with Crippen molar-refractivity contribution in [3.63, 3.8) is 0 Å². The van der Waals surface area contributed by atoms with E-state index in [2.05, 4.69) is 26.6 Å². The number of benzene rings is 1. The lowest BCUT2D eigenvalue weighted by Crippen LogP contribution is -2.30. The quantitative estimate of drug-likeness (QED) is 0.877. The van der Waals surface area contributed by atoms with Crippen molar-refractivity contribution in [2.75, 3.05) is 19.6 Å². The van der Waals surface area contributed by atoms with Gasteiger partial charge in [0.2, 0.25) is 0 Å². The van der Waals surface area contributed by atoms with Crippen molar-refractivity contribution in [2.24, 2.45) is 5.92 Å². The van der Waals surface area contributed by atoms with Crippen molar-refractivity contribution in [1.29, 1.82) is 0 Å². The highest BCUT2D eigenvalue weighted by molar-refractivity contribution is 9.10. The van der Waals surface area contributed by atoms with Crippen LogP contribution in [0, 0.1) is 5.92 Å². The summed E-state index contributed by atoms with van der Waals surface area (Å²) in [6.45, 7) is 2.72. The molecule has 6 heteroatoms. The van der Waals surface area contributed by atoms with Crippen molar-refractivity contribution in [2.45, 2.75) is 6.42 Å². The van der Waals surface area contributed by atoms with Crippen molar-refractivity contribution in [3.8, 4) is 0 Å². The maximum atomic E-state index is 11.9. The van der Waals surface area contributed by atoms with Crippen LogP contribution in [-0.4, -0.2) is 25.5 Å². The third kappa shape index (κ3) is 4.12. The van der Waals surface area contributed by atoms with Crippen LogP contribution in [0.15, 0.2) is 22.7 Å². The summed E-state index contributed by atoms with van der Waals surface area (Å²) in [7, 11) is 0. The molecule has 1 unspecified atom stereocenters. The fourth-order valence-electron chi connectivity index (χ4n) is 1.89. The highest BCUT2D eigenvalue weighted by atomic mass is 79.9. The molecular weight excluding hydrogens is 339 g/mol. The van der Waals surface area contributed by atoms with Crippen LogP contribution < -0.4 is 10.6 Å². The lowest BCUT2D eigenvalue weighted by Gasteiger charge is -2.11. The Morgan fingerprint density at radius 1 is 1.56 bits per heavy atom. The van der Waals surface area contributed by atoms with Gasteiger partial charge < -0.3 is 10.6 Å². The van der Waals surface area contributed by atoms with Crippen molar-refractivity contribution in [3.05, 3.63) is 33.3 Å². The standard InChI is InChI=1S/C12H14BrClN2O.ClH/c13-9-1-2-11(14)10(5-9)12(17)16-7-8-3-4-15-6-8;/h1-2,5,8,15H,3-4,6-7H2,(H,16,17);1H. The summed E-state index contributed by atoms with van der Waals surface area (Å²) in [6.07, 6.45) is 1.12. The molecule has 0 spiro atoms. The van der Waals surface area contributed by atoms with Gasteiger partial charge in [0.15, 0.2) is 0 Å². The SMILES string of the molecule is Cl.O=C(NCC1CCNC1)c1cc(Br)ccc1Cl. The van der Waals surface area contributed by atoms with E-state index in [-0.39, 0.29) is 18.3 Å². The minimum Gasteiger partial charge on any atom is -0.352 e. The number of hydrogen-bond donors (Lipinski definition) is 2. The highest BCUT2D eigenvalue weighted by Crippen LogP contribution is 2.21. The van der Waals surface area contributed by atoms with Crippen LogP contribution >= 0.6 is 39.9 Å². The van der Waals surface area contributed by atoms with Gasteiger partial charge in [-0.3, -0.25) is 4.79 Å². The maximum Gasteiger partial charge on any atom is 0.252 e. The third-order valence-corrected chi connectivity index (χ3v) is 3.71. The van der Waals surface area contributed by atoms with E-state index in [1.54, 1.807) is 12.1 Å². The molecule has 1 fully saturated rings. The molecule has 1 atom stereocenters. The zero-order chi connectivity index (χ0) is 12.3. The predicted molar refractivity (Wildman–Crippen MR) is 79.7 cm³/mol. The van der Waals surface area contributed by atoms with Crippen molar-refractivity contribution < 1.29 is 4.79 Å². The second-order valence-electron chi connectivity index (χ2n) is 4.19. The van der Waals surface area contributed by atoms with Gasteiger partial charge >= 0.3 is 0 Å². The van der Waals surface area contributed by atoms with E-state index in [1.807, 2.05) is 6.07 Å². The smallest absolute Gasteiger partial charge is 0.252 e. The first-order valence-electron chi connectivity index (χ1n) is 5.61. The molecular formula is C12H15BrCl2N2O. The number of carbonyl (C=O) groups is 1. The van der Waals surface area contributed by atoms with E-state index in [4.69, 9.17) is 11.6 Å². The normalized spacial score (nSPS) is 18.2.